The summed E-state index contributed by atoms with van der Waals surface area (Å²) in [5.41, 5.74) is -0.450. The van der Waals surface area contributed by atoms with Crippen molar-refractivity contribution in [1.82, 2.24) is 4.90 Å². The fourth-order valence-corrected chi connectivity index (χ4v) is 3.51. The first-order valence-corrected chi connectivity index (χ1v) is 9.69. The van der Waals surface area contributed by atoms with Crippen LogP contribution in [-0.4, -0.2) is 54.3 Å². The Hall–Kier alpha value is -2.97. The summed E-state index contributed by atoms with van der Waals surface area (Å²) in [5.74, 6) is -0.630. The Kier molecular flexibility index (Phi) is 8.57. The minimum absolute atomic E-state index is 0.00857. The van der Waals surface area contributed by atoms with Crippen molar-refractivity contribution in [2.24, 2.45) is 0 Å². The quantitative estimate of drug-likeness (QED) is 0.193. The van der Waals surface area contributed by atoms with E-state index in [1.165, 1.54) is 25.3 Å². The second kappa shape index (κ2) is 11.1. The van der Waals surface area contributed by atoms with Gasteiger partial charge in [-0.3, -0.25) is 24.5 Å². The molecule has 1 saturated carbocycles. The first-order chi connectivity index (χ1) is 14.0. The van der Waals surface area contributed by atoms with E-state index >= 15 is 0 Å². The van der Waals surface area contributed by atoms with E-state index in [-0.39, 0.29) is 48.5 Å². The number of nitro groups is 1. The summed E-state index contributed by atoms with van der Waals surface area (Å²) in [6.45, 7) is -0.000664. The minimum atomic E-state index is -0.661. The van der Waals surface area contributed by atoms with Crippen LogP contribution in [0.4, 0.5) is 5.69 Å². The van der Waals surface area contributed by atoms with Gasteiger partial charge in [0.2, 0.25) is 5.91 Å². The van der Waals surface area contributed by atoms with E-state index in [0.717, 1.165) is 32.1 Å². The van der Waals surface area contributed by atoms with Crippen LogP contribution in [-0.2, 0) is 14.3 Å². The number of nitro benzene ring substituents is 1. The molecule has 0 N–H and O–H groups in total. The standard InChI is InChI=1S/C20H26N2O7/c1-28-19(25)13-21(16-8-3-2-4-9-16)18(24)11-6-12-29-17-10-5-7-15(14-23)20(17)22(26)27/h5,7,10,14,16H,2-4,6,8-9,11-13H2,1H3. The number of methoxy groups -OCH3 is 1. The lowest BCUT2D eigenvalue weighted by Crippen LogP contribution is -2.44. The summed E-state index contributed by atoms with van der Waals surface area (Å²) >= 11 is 0. The Balaban J connectivity index is 1.94. The highest BCUT2D eigenvalue weighted by Gasteiger charge is 2.27. The molecule has 0 aromatic heterocycles. The number of carbonyl (C=O) groups is 3. The van der Waals surface area contributed by atoms with Gasteiger partial charge in [0.1, 0.15) is 6.54 Å². The third-order valence-corrected chi connectivity index (χ3v) is 5.00. The number of ether oxygens (including phenoxy) is 2. The van der Waals surface area contributed by atoms with Gasteiger partial charge in [0.05, 0.1) is 24.2 Å². The molecule has 29 heavy (non-hydrogen) atoms. The van der Waals surface area contributed by atoms with Gasteiger partial charge in [-0.25, -0.2) is 0 Å². The van der Waals surface area contributed by atoms with E-state index in [2.05, 4.69) is 0 Å². The van der Waals surface area contributed by atoms with Crippen molar-refractivity contribution in [1.29, 1.82) is 0 Å². The van der Waals surface area contributed by atoms with Crippen LogP contribution in [0, 0.1) is 10.1 Å². The molecule has 1 amide bonds. The van der Waals surface area contributed by atoms with Crippen LogP contribution in [0.15, 0.2) is 18.2 Å². The molecule has 0 aliphatic heterocycles. The van der Waals surface area contributed by atoms with Crippen LogP contribution < -0.4 is 4.74 Å². The van der Waals surface area contributed by atoms with E-state index in [9.17, 15) is 24.5 Å². The molecule has 158 valence electrons. The van der Waals surface area contributed by atoms with Gasteiger partial charge in [-0.15, -0.1) is 0 Å². The maximum absolute atomic E-state index is 12.7. The molecule has 1 aliphatic carbocycles. The minimum Gasteiger partial charge on any atom is -0.487 e. The number of carbonyl (C=O) groups excluding carboxylic acids is 3. The molecule has 9 nitrogen and oxygen atoms in total. The van der Waals surface area contributed by atoms with Crippen molar-refractivity contribution >= 4 is 23.9 Å². The number of para-hydroxylation sites is 1. The van der Waals surface area contributed by atoms with Crippen LogP contribution in [0.3, 0.4) is 0 Å². The first-order valence-electron chi connectivity index (χ1n) is 9.69. The largest absolute Gasteiger partial charge is 0.487 e. The predicted molar refractivity (Wildman–Crippen MR) is 104 cm³/mol. The lowest BCUT2D eigenvalue weighted by molar-refractivity contribution is -0.386. The average molecular weight is 406 g/mol. The van der Waals surface area contributed by atoms with Crippen molar-refractivity contribution in [3.05, 3.63) is 33.9 Å². The highest BCUT2D eigenvalue weighted by atomic mass is 16.6. The van der Waals surface area contributed by atoms with E-state index < -0.39 is 10.9 Å². The SMILES string of the molecule is COC(=O)CN(C(=O)CCCOc1cccc(C=O)c1[N+](=O)[O-])C1CCCCC1. The number of amides is 1. The average Bonchev–Trinajstić information content (AvgIpc) is 2.74. The Morgan fingerprint density at radius 3 is 2.62 bits per heavy atom. The van der Waals surface area contributed by atoms with Crippen molar-refractivity contribution in [3.8, 4) is 5.75 Å². The highest BCUT2D eigenvalue weighted by Crippen LogP contribution is 2.30. The molecular formula is C20H26N2O7. The van der Waals surface area contributed by atoms with E-state index in [4.69, 9.17) is 9.47 Å². The Bertz CT molecular complexity index is 744. The lowest BCUT2D eigenvalue weighted by atomic mass is 9.94. The second-order valence-electron chi connectivity index (χ2n) is 6.91. The van der Waals surface area contributed by atoms with Crippen molar-refractivity contribution in [2.45, 2.75) is 51.0 Å². The monoisotopic (exact) mass is 406 g/mol. The summed E-state index contributed by atoms with van der Waals surface area (Å²) in [6.07, 6.45) is 5.78. The smallest absolute Gasteiger partial charge is 0.325 e. The molecule has 1 aromatic carbocycles. The van der Waals surface area contributed by atoms with Gasteiger partial charge in [0, 0.05) is 12.5 Å². The maximum atomic E-state index is 12.7. The lowest BCUT2D eigenvalue weighted by Gasteiger charge is -2.33. The maximum Gasteiger partial charge on any atom is 0.325 e. The molecule has 0 spiro atoms. The Morgan fingerprint density at radius 2 is 2.00 bits per heavy atom. The van der Waals surface area contributed by atoms with Crippen LogP contribution >= 0.6 is 0 Å². The van der Waals surface area contributed by atoms with Crippen LogP contribution in [0.25, 0.3) is 0 Å². The fourth-order valence-electron chi connectivity index (χ4n) is 3.51. The van der Waals surface area contributed by atoms with Gasteiger partial charge >= 0.3 is 11.7 Å². The molecule has 0 unspecified atom stereocenters. The number of nitrogens with zero attached hydrogens (tertiary/aromatic N) is 2. The Morgan fingerprint density at radius 1 is 1.28 bits per heavy atom. The molecule has 1 aliphatic rings. The van der Waals surface area contributed by atoms with Gasteiger partial charge in [0.25, 0.3) is 0 Å². The van der Waals surface area contributed by atoms with Gasteiger partial charge < -0.3 is 14.4 Å². The first kappa shape index (κ1) is 22.3. The predicted octanol–water partition coefficient (Wildman–Crippen LogP) is 2.90. The third kappa shape index (κ3) is 6.27. The molecular weight excluding hydrogens is 380 g/mol. The molecule has 0 atom stereocenters. The zero-order valence-electron chi connectivity index (χ0n) is 16.5. The molecule has 0 bridgehead atoms. The normalized spacial score (nSPS) is 14.1. The molecule has 1 fully saturated rings. The molecule has 1 aromatic rings. The van der Waals surface area contributed by atoms with Gasteiger partial charge in [-0.05, 0) is 31.4 Å². The molecule has 2 rings (SSSR count). The summed E-state index contributed by atoms with van der Waals surface area (Å²) in [4.78, 5) is 47.5. The number of hydrogen-bond donors (Lipinski definition) is 0. The number of aldehydes is 1. The fraction of sp³-hybridized carbons (Fsp3) is 0.550. The van der Waals surface area contributed by atoms with Crippen molar-refractivity contribution < 1.29 is 28.8 Å². The summed E-state index contributed by atoms with van der Waals surface area (Å²) < 4.78 is 10.2. The van der Waals surface area contributed by atoms with Gasteiger partial charge in [-0.1, -0.05) is 25.3 Å². The summed E-state index contributed by atoms with van der Waals surface area (Å²) in [7, 11) is 1.29. The van der Waals surface area contributed by atoms with E-state index in [1.54, 1.807) is 4.90 Å². The van der Waals surface area contributed by atoms with Crippen molar-refractivity contribution in [2.75, 3.05) is 20.3 Å². The highest BCUT2D eigenvalue weighted by molar-refractivity contribution is 5.83. The number of benzene rings is 1. The second-order valence-corrected chi connectivity index (χ2v) is 6.91. The number of esters is 1. The summed E-state index contributed by atoms with van der Waals surface area (Å²) in [5, 5.41) is 11.2. The van der Waals surface area contributed by atoms with Crippen LogP contribution in [0.2, 0.25) is 0 Å². The van der Waals surface area contributed by atoms with Gasteiger partial charge in [0.15, 0.2) is 12.0 Å². The van der Waals surface area contributed by atoms with Gasteiger partial charge in [-0.2, -0.15) is 0 Å². The van der Waals surface area contributed by atoms with Crippen molar-refractivity contribution in [3.63, 3.8) is 0 Å². The van der Waals surface area contributed by atoms with E-state index in [0.29, 0.717) is 12.7 Å². The van der Waals surface area contributed by atoms with E-state index in [1.807, 2.05) is 0 Å². The number of hydrogen-bond acceptors (Lipinski definition) is 7. The summed E-state index contributed by atoms with van der Waals surface area (Å²) in [6, 6.07) is 4.29. The molecule has 0 saturated heterocycles. The topological polar surface area (TPSA) is 116 Å². The van der Waals surface area contributed by atoms with Crippen LogP contribution in [0.1, 0.15) is 55.3 Å². The van der Waals surface area contributed by atoms with Crippen LogP contribution in [0.5, 0.6) is 5.75 Å². The zero-order valence-corrected chi connectivity index (χ0v) is 16.5. The molecule has 0 heterocycles. The molecule has 0 radical (unpaired) electrons. The molecule has 9 heteroatoms. The Labute approximate surface area is 169 Å². The number of rotatable bonds is 10. The third-order valence-electron chi connectivity index (χ3n) is 5.00. The zero-order chi connectivity index (χ0) is 21.2.